The highest BCUT2D eigenvalue weighted by atomic mass is 16.5. The van der Waals surface area contributed by atoms with E-state index >= 15 is 0 Å². The van der Waals surface area contributed by atoms with Gasteiger partial charge < -0.3 is 21.6 Å². The van der Waals surface area contributed by atoms with E-state index in [1.807, 2.05) is 0 Å². The van der Waals surface area contributed by atoms with Gasteiger partial charge in [-0.15, -0.1) is 0 Å². The predicted molar refractivity (Wildman–Crippen MR) is 51.9 cm³/mol. The van der Waals surface area contributed by atoms with Gasteiger partial charge in [0.05, 0.1) is 6.07 Å². The van der Waals surface area contributed by atoms with Gasteiger partial charge in [-0.05, 0) is 17.6 Å². The molecule has 6 heteroatoms. The molecule has 0 spiro atoms. The molecule has 1 aliphatic heterocycles. The van der Waals surface area contributed by atoms with Crippen molar-refractivity contribution >= 4 is 17.6 Å². The number of aromatic nitrogens is 2. The molecule has 0 unspecified atom stereocenters. The van der Waals surface area contributed by atoms with Crippen molar-refractivity contribution in [3.63, 3.8) is 0 Å². The Balaban J connectivity index is 2.34. The van der Waals surface area contributed by atoms with Crippen LogP contribution in [0, 0.1) is 0 Å². The normalized spacial score (nSPS) is 16.1. The Morgan fingerprint density at radius 2 is 2.00 bits per heavy atom. The summed E-state index contributed by atoms with van der Waals surface area (Å²) in [4.78, 5) is 6.16. The zero-order valence-corrected chi connectivity index (χ0v) is 7.85. The molecular weight excluding hydrogens is 182 g/mol. The summed E-state index contributed by atoms with van der Waals surface area (Å²) in [6.45, 7) is 1.95. The highest BCUT2D eigenvalue weighted by molar-refractivity contribution is 5.46. The fourth-order valence-electron chi connectivity index (χ4n) is 1.63. The summed E-state index contributed by atoms with van der Waals surface area (Å²) in [5.74, 6) is 0.967. The highest BCUT2D eigenvalue weighted by Gasteiger charge is 2.19. The molecule has 2 rings (SSSR count). The van der Waals surface area contributed by atoms with Gasteiger partial charge in [0, 0.05) is 13.1 Å². The fourth-order valence-corrected chi connectivity index (χ4v) is 1.63. The molecule has 0 bridgehead atoms. The lowest BCUT2D eigenvalue weighted by Crippen LogP contribution is -2.39. The molecule has 0 amide bonds. The number of rotatable bonds is 1. The van der Waals surface area contributed by atoms with Crippen LogP contribution in [-0.2, 0) is 0 Å². The van der Waals surface area contributed by atoms with Crippen molar-refractivity contribution in [1.82, 2.24) is 4.98 Å². The van der Waals surface area contributed by atoms with Crippen LogP contribution >= 0.6 is 0 Å². The topological polar surface area (TPSA) is 92.3 Å². The van der Waals surface area contributed by atoms with Crippen LogP contribution in [-0.4, -0.2) is 23.3 Å². The molecule has 0 atom stereocenters. The Morgan fingerprint density at radius 1 is 1.36 bits per heavy atom. The molecule has 0 aromatic carbocycles. The van der Waals surface area contributed by atoms with Gasteiger partial charge in [0.1, 0.15) is 0 Å². The van der Waals surface area contributed by atoms with E-state index in [4.69, 9.17) is 11.5 Å². The molecule has 76 valence electrons. The lowest BCUT2D eigenvalue weighted by atomic mass is 10.4. The molecule has 1 aliphatic rings. The third-order valence-corrected chi connectivity index (χ3v) is 2.40. The van der Waals surface area contributed by atoms with E-state index < -0.39 is 0 Å². The van der Waals surface area contributed by atoms with Crippen LogP contribution in [0.15, 0.2) is 6.07 Å². The first-order chi connectivity index (χ1) is 6.68. The molecule has 14 heavy (non-hydrogen) atoms. The van der Waals surface area contributed by atoms with Gasteiger partial charge in [-0.25, -0.2) is 0 Å². The summed E-state index contributed by atoms with van der Waals surface area (Å²) in [6, 6.07) is 1.63. The number of nitrogens with zero attached hydrogens (tertiary/aromatic N) is 3. The van der Waals surface area contributed by atoms with Crippen molar-refractivity contribution in [3.8, 4) is 0 Å². The molecular formula is C8H14N5O+. The zero-order valence-electron chi connectivity index (χ0n) is 7.85. The quantitative estimate of drug-likeness (QED) is 0.411. The van der Waals surface area contributed by atoms with E-state index in [0.717, 1.165) is 31.7 Å². The molecule has 5 N–H and O–H groups in total. The minimum absolute atomic E-state index is 0.0203. The molecule has 6 nitrogen and oxygen atoms in total. The van der Waals surface area contributed by atoms with Crippen LogP contribution in [0.5, 0.6) is 0 Å². The van der Waals surface area contributed by atoms with Crippen LogP contribution < -0.4 is 21.1 Å². The van der Waals surface area contributed by atoms with E-state index in [0.29, 0.717) is 4.73 Å². The number of nitrogens with two attached hydrogens (primary N) is 2. The number of anilines is 3. The zero-order chi connectivity index (χ0) is 10.1. The molecule has 1 fully saturated rings. The van der Waals surface area contributed by atoms with Gasteiger partial charge in [-0.3, -0.25) is 0 Å². The van der Waals surface area contributed by atoms with E-state index in [-0.39, 0.29) is 11.8 Å². The Hall–Kier alpha value is -1.72. The van der Waals surface area contributed by atoms with Gasteiger partial charge >= 0.3 is 5.95 Å². The van der Waals surface area contributed by atoms with Crippen LogP contribution in [0.1, 0.15) is 12.8 Å². The number of hydrogen-bond acceptors (Lipinski definition) is 5. The third-order valence-electron chi connectivity index (χ3n) is 2.40. The lowest BCUT2D eigenvalue weighted by Gasteiger charge is -2.14. The van der Waals surface area contributed by atoms with Crippen LogP contribution in [0.4, 0.5) is 17.6 Å². The van der Waals surface area contributed by atoms with E-state index in [1.165, 1.54) is 0 Å². The van der Waals surface area contributed by atoms with Crippen molar-refractivity contribution < 1.29 is 9.94 Å². The summed E-state index contributed by atoms with van der Waals surface area (Å²) in [5, 5.41) is 9.26. The smallest absolute Gasteiger partial charge is 0.382 e. The molecule has 1 saturated heterocycles. The molecule has 1 aromatic rings. The maximum atomic E-state index is 9.26. The Kier molecular flexibility index (Phi) is 2.03. The summed E-state index contributed by atoms with van der Waals surface area (Å²) >= 11 is 0. The van der Waals surface area contributed by atoms with Crippen molar-refractivity contribution in [3.05, 3.63) is 6.07 Å². The van der Waals surface area contributed by atoms with Crippen molar-refractivity contribution in [1.29, 1.82) is 0 Å². The van der Waals surface area contributed by atoms with E-state index in [1.54, 1.807) is 6.07 Å². The minimum atomic E-state index is 0.0203. The Morgan fingerprint density at radius 3 is 2.57 bits per heavy atom. The molecule has 2 heterocycles. The fraction of sp³-hybridized carbons (Fsp3) is 0.500. The summed E-state index contributed by atoms with van der Waals surface area (Å²) in [7, 11) is 0. The monoisotopic (exact) mass is 196 g/mol. The molecule has 0 radical (unpaired) electrons. The van der Waals surface area contributed by atoms with Crippen LogP contribution in [0.2, 0.25) is 0 Å². The van der Waals surface area contributed by atoms with Crippen molar-refractivity contribution in [2.24, 2.45) is 0 Å². The van der Waals surface area contributed by atoms with Gasteiger partial charge in [-0.2, -0.15) is 0 Å². The van der Waals surface area contributed by atoms with Crippen LogP contribution in [0.25, 0.3) is 0 Å². The molecule has 0 aliphatic carbocycles. The van der Waals surface area contributed by atoms with Gasteiger partial charge in [0.15, 0.2) is 5.82 Å². The third kappa shape index (κ3) is 1.39. The minimum Gasteiger partial charge on any atom is -0.382 e. The number of nitrogen functional groups attached to an aromatic ring is 2. The average molecular weight is 196 g/mol. The van der Waals surface area contributed by atoms with Crippen molar-refractivity contribution in [2.75, 3.05) is 29.5 Å². The second-order valence-electron chi connectivity index (χ2n) is 3.40. The first kappa shape index (κ1) is 8.86. The lowest BCUT2D eigenvalue weighted by molar-refractivity contribution is -0.883. The second-order valence-corrected chi connectivity index (χ2v) is 3.40. The summed E-state index contributed by atoms with van der Waals surface area (Å²) in [5.41, 5.74) is 11.0. The van der Waals surface area contributed by atoms with Crippen molar-refractivity contribution in [2.45, 2.75) is 12.8 Å². The average Bonchev–Trinajstić information content (AvgIpc) is 2.66. The van der Waals surface area contributed by atoms with Gasteiger partial charge in [0.25, 0.3) is 0 Å². The summed E-state index contributed by atoms with van der Waals surface area (Å²) in [6.07, 6.45) is 2.32. The van der Waals surface area contributed by atoms with E-state index in [2.05, 4.69) is 9.88 Å². The first-order valence-electron chi connectivity index (χ1n) is 4.61. The maximum Gasteiger partial charge on any atom is 0.383 e. The second kappa shape index (κ2) is 3.21. The standard InChI is InChI=1S/C8H13N5O/c9-6-5-7(11-8(10)13(6)14)12-3-1-2-4-12/h5,14H,1-4H2,(H3,9,10,11)/p+1. The first-order valence-corrected chi connectivity index (χ1v) is 4.61. The highest BCUT2D eigenvalue weighted by Crippen LogP contribution is 2.18. The Bertz CT molecular complexity index is 325. The Labute approximate surface area is 81.7 Å². The maximum absolute atomic E-state index is 9.26. The molecule has 1 aromatic heterocycles. The number of hydrogen-bond donors (Lipinski definition) is 3. The van der Waals surface area contributed by atoms with E-state index in [9.17, 15) is 5.21 Å². The SMILES string of the molecule is Nc1cc(N2CCCC2)nc(N)[n+]1O. The largest absolute Gasteiger partial charge is 0.383 e. The van der Waals surface area contributed by atoms with Crippen LogP contribution in [0.3, 0.4) is 0 Å². The van der Waals surface area contributed by atoms with Gasteiger partial charge in [-0.1, -0.05) is 4.98 Å². The predicted octanol–water partition coefficient (Wildman–Crippen LogP) is -0.629. The summed E-state index contributed by atoms with van der Waals surface area (Å²) < 4.78 is 0.680. The molecule has 0 saturated carbocycles. The van der Waals surface area contributed by atoms with Gasteiger partial charge in [0.2, 0.25) is 5.82 Å².